The molecule has 0 aliphatic carbocycles. The Hall–Kier alpha value is -2.15. The van der Waals surface area contributed by atoms with Gasteiger partial charge in [-0.3, -0.25) is 19.3 Å². The zero-order valence-corrected chi connectivity index (χ0v) is 17.6. The largest absolute Gasteiger partial charge is 0.356 e. The predicted molar refractivity (Wildman–Crippen MR) is 113 cm³/mol. The highest BCUT2D eigenvalue weighted by Crippen LogP contribution is 2.20. The molecule has 2 amide bonds. The van der Waals surface area contributed by atoms with E-state index in [1.807, 2.05) is 11.8 Å². The van der Waals surface area contributed by atoms with Gasteiger partial charge in [0, 0.05) is 63.0 Å². The minimum Gasteiger partial charge on any atom is -0.356 e. The number of aryl methyl sites for hydroxylation is 1. The number of hydrogen-bond donors (Lipinski definition) is 1. The van der Waals surface area contributed by atoms with Gasteiger partial charge in [0.05, 0.1) is 0 Å². The van der Waals surface area contributed by atoms with Gasteiger partial charge in [0.25, 0.3) is 11.5 Å². The summed E-state index contributed by atoms with van der Waals surface area (Å²) in [7, 11) is 0. The Labute approximate surface area is 173 Å². The smallest absolute Gasteiger partial charge is 0.254 e. The van der Waals surface area contributed by atoms with Crippen LogP contribution < -0.4 is 10.9 Å². The molecule has 0 aromatic carbocycles. The van der Waals surface area contributed by atoms with Crippen molar-refractivity contribution in [1.29, 1.82) is 0 Å². The lowest BCUT2D eigenvalue weighted by Gasteiger charge is -2.35. The summed E-state index contributed by atoms with van der Waals surface area (Å²) in [6.07, 6.45) is 8.28. The van der Waals surface area contributed by atoms with Crippen molar-refractivity contribution >= 4 is 11.8 Å². The summed E-state index contributed by atoms with van der Waals surface area (Å²) in [6, 6.07) is 3.51. The minimum atomic E-state index is -0.136. The second-order valence-electron chi connectivity index (χ2n) is 8.13. The molecule has 7 heteroatoms. The van der Waals surface area contributed by atoms with E-state index in [0.717, 1.165) is 38.8 Å². The molecule has 2 fully saturated rings. The molecular weight excluding hydrogens is 368 g/mol. The van der Waals surface area contributed by atoms with E-state index in [9.17, 15) is 14.4 Å². The van der Waals surface area contributed by atoms with Crippen molar-refractivity contribution in [2.75, 3.05) is 32.7 Å². The van der Waals surface area contributed by atoms with E-state index in [4.69, 9.17) is 0 Å². The number of aromatic nitrogens is 1. The molecule has 2 saturated heterocycles. The highest BCUT2D eigenvalue weighted by atomic mass is 16.2. The molecule has 3 rings (SSSR count). The summed E-state index contributed by atoms with van der Waals surface area (Å²) in [4.78, 5) is 41.8. The summed E-state index contributed by atoms with van der Waals surface area (Å²) >= 11 is 0. The van der Waals surface area contributed by atoms with E-state index in [-0.39, 0.29) is 17.4 Å². The van der Waals surface area contributed by atoms with Crippen molar-refractivity contribution in [3.63, 3.8) is 0 Å². The Bertz CT molecular complexity index is 761. The number of nitrogens with one attached hydrogen (secondary N) is 1. The number of piperidine rings is 1. The molecule has 29 heavy (non-hydrogen) atoms. The van der Waals surface area contributed by atoms with Gasteiger partial charge in [-0.05, 0) is 51.6 Å². The number of hydrogen-bond acceptors (Lipinski definition) is 4. The fraction of sp³-hybridized carbons (Fsp3) is 0.682. The van der Waals surface area contributed by atoms with Crippen molar-refractivity contribution in [1.82, 2.24) is 19.7 Å². The van der Waals surface area contributed by atoms with E-state index in [0.29, 0.717) is 44.2 Å². The summed E-state index contributed by atoms with van der Waals surface area (Å²) in [5, 5.41) is 3.04. The maximum atomic E-state index is 13.1. The Balaban J connectivity index is 1.69. The highest BCUT2D eigenvalue weighted by Gasteiger charge is 2.25. The van der Waals surface area contributed by atoms with Crippen molar-refractivity contribution in [3.8, 4) is 0 Å². The lowest BCUT2D eigenvalue weighted by Crippen LogP contribution is -2.44. The zero-order chi connectivity index (χ0) is 20.6. The number of carbonyl (C=O) groups excluding carboxylic acids is 2. The van der Waals surface area contributed by atoms with Crippen molar-refractivity contribution in [2.24, 2.45) is 0 Å². The van der Waals surface area contributed by atoms with Crippen LogP contribution in [0.5, 0.6) is 0 Å². The predicted octanol–water partition coefficient (Wildman–Crippen LogP) is 1.86. The SMILES string of the molecule is CCn1ccc(C(=O)N2CCCCNC(=O)CC3CCCCN3CCC2)cc1=O. The fourth-order valence-corrected chi connectivity index (χ4v) is 4.39. The molecule has 1 atom stereocenters. The molecule has 2 aliphatic rings. The summed E-state index contributed by atoms with van der Waals surface area (Å²) < 4.78 is 1.59. The molecule has 0 saturated carbocycles. The quantitative estimate of drug-likeness (QED) is 0.819. The van der Waals surface area contributed by atoms with Crippen molar-refractivity contribution < 1.29 is 9.59 Å². The first-order chi connectivity index (χ1) is 14.1. The van der Waals surface area contributed by atoms with Gasteiger partial charge in [0.2, 0.25) is 5.91 Å². The van der Waals surface area contributed by atoms with Gasteiger partial charge >= 0.3 is 0 Å². The maximum absolute atomic E-state index is 13.1. The average molecular weight is 403 g/mol. The van der Waals surface area contributed by atoms with Crippen molar-refractivity contribution in [3.05, 3.63) is 34.2 Å². The van der Waals surface area contributed by atoms with Gasteiger partial charge in [0.1, 0.15) is 0 Å². The molecule has 1 N–H and O–H groups in total. The van der Waals surface area contributed by atoms with Crippen molar-refractivity contribution in [2.45, 2.75) is 64.5 Å². The van der Waals surface area contributed by atoms with Crippen LogP contribution in [0.1, 0.15) is 62.2 Å². The van der Waals surface area contributed by atoms with Crippen LogP contribution in [0.3, 0.4) is 0 Å². The summed E-state index contributed by atoms with van der Waals surface area (Å²) in [6.45, 7) is 6.42. The van der Waals surface area contributed by atoms with E-state index in [1.54, 1.807) is 16.8 Å². The Morgan fingerprint density at radius 2 is 1.83 bits per heavy atom. The van der Waals surface area contributed by atoms with Gasteiger partial charge in [-0.1, -0.05) is 6.42 Å². The van der Waals surface area contributed by atoms with Crippen LogP contribution in [-0.2, 0) is 11.3 Å². The Kier molecular flexibility index (Phi) is 7.86. The topological polar surface area (TPSA) is 74.7 Å². The second-order valence-corrected chi connectivity index (χ2v) is 8.13. The minimum absolute atomic E-state index is 0.0699. The van der Waals surface area contributed by atoms with Gasteiger partial charge in [-0.25, -0.2) is 0 Å². The van der Waals surface area contributed by atoms with E-state index < -0.39 is 0 Å². The summed E-state index contributed by atoms with van der Waals surface area (Å²) in [5.41, 5.74) is 0.330. The van der Waals surface area contributed by atoms with Crippen LogP contribution in [-0.4, -0.2) is 64.9 Å². The van der Waals surface area contributed by atoms with E-state index in [2.05, 4.69) is 10.2 Å². The molecule has 0 spiro atoms. The Morgan fingerprint density at radius 1 is 1.07 bits per heavy atom. The summed E-state index contributed by atoms with van der Waals surface area (Å²) in [5.74, 6) is 0.0741. The van der Waals surface area contributed by atoms with Crippen LogP contribution in [0, 0.1) is 0 Å². The van der Waals surface area contributed by atoms with Crippen LogP contribution in [0.2, 0.25) is 0 Å². The molecule has 1 aromatic rings. The van der Waals surface area contributed by atoms with Crippen LogP contribution >= 0.6 is 0 Å². The fourth-order valence-electron chi connectivity index (χ4n) is 4.39. The lowest BCUT2D eigenvalue weighted by atomic mass is 9.98. The second kappa shape index (κ2) is 10.6. The van der Waals surface area contributed by atoms with Crippen LogP contribution in [0.15, 0.2) is 23.1 Å². The third kappa shape index (κ3) is 5.92. The molecule has 3 heterocycles. The first-order valence-corrected chi connectivity index (χ1v) is 11.1. The normalized spacial score (nSPS) is 22.6. The van der Waals surface area contributed by atoms with Crippen LogP contribution in [0.4, 0.5) is 0 Å². The van der Waals surface area contributed by atoms with E-state index in [1.165, 1.54) is 18.9 Å². The number of rotatable bonds is 2. The Morgan fingerprint density at radius 3 is 2.62 bits per heavy atom. The average Bonchev–Trinajstić information content (AvgIpc) is 2.73. The highest BCUT2D eigenvalue weighted by molar-refractivity contribution is 5.94. The molecule has 0 radical (unpaired) electrons. The lowest BCUT2D eigenvalue weighted by molar-refractivity contribution is -0.122. The van der Waals surface area contributed by atoms with Gasteiger partial charge < -0.3 is 14.8 Å². The first-order valence-electron chi connectivity index (χ1n) is 11.1. The number of carbonyl (C=O) groups is 2. The van der Waals surface area contributed by atoms with Gasteiger partial charge in [-0.15, -0.1) is 0 Å². The number of fused-ring (bicyclic) bond motifs is 1. The van der Waals surface area contributed by atoms with Gasteiger partial charge in [-0.2, -0.15) is 0 Å². The molecule has 160 valence electrons. The third-order valence-electron chi connectivity index (χ3n) is 6.09. The molecule has 1 aromatic heterocycles. The molecule has 1 unspecified atom stereocenters. The first kappa shape index (κ1) is 21.6. The number of nitrogens with zero attached hydrogens (tertiary/aromatic N) is 3. The molecular formula is C22H34N4O3. The monoisotopic (exact) mass is 402 g/mol. The zero-order valence-electron chi connectivity index (χ0n) is 17.6. The molecule has 0 bridgehead atoms. The number of amides is 2. The molecule has 2 aliphatic heterocycles. The van der Waals surface area contributed by atoms with Crippen LogP contribution in [0.25, 0.3) is 0 Å². The number of pyridine rings is 1. The van der Waals surface area contributed by atoms with Gasteiger partial charge in [0.15, 0.2) is 0 Å². The third-order valence-corrected chi connectivity index (χ3v) is 6.09. The maximum Gasteiger partial charge on any atom is 0.254 e. The standard InChI is InChI=1S/C22H34N4O3/c1-2-24-15-9-18(16-21(24)28)22(29)26-12-6-4-10-23-20(27)17-19-8-3-5-11-25(19)13-7-14-26/h9,15-16,19H,2-8,10-14,17H2,1H3,(H,23,27). The van der Waals surface area contributed by atoms with E-state index >= 15 is 0 Å². The molecule has 7 nitrogen and oxygen atoms in total.